The van der Waals surface area contributed by atoms with Gasteiger partial charge in [-0.05, 0) is 24.8 Å². The normalized spacial score (nSPS) is 20.4. The molecule has 2 aliphatic rings. The molecule has 3 rings (SSSR count). The van der Waals surface area contributed by atoms with Gasteiger partial charge in [-0.15, -0.1) is 0 Å². The molecule has 1 aromatic carbocycles. The molecule has 1 aromatic rings. The lowest BCUT2D eigenvalue weighted by Gasteiger charge is -2.33. The Kier molecular flexibility index (Phi) is 3.59. The Morgan fingerprint density at radius 3 is 2.67 bits per heavy atom. The molecule has 0 bridgehead atoms. The largest absolute Gasteiger partial charge is 0.466 e. The second-order valence-corrected chi connectivity index (χ2v) is 5.88. The van der Waals surface area contributed by atoms with Crippen LogP contribution in [0.3, 0.4) is 0 Å². The Balaban J connectivity index is 2.13. The maximum absolute atomic E-state index is 12.2. The van der Waals surface area contributed by atoms with Crippen LogP contribution in [0.15, 0.2) is 52.1 Å². The zero-order chi connectivity index (χ0) is 15.0. The Morgan fingerprint density at radius 2 is 2.00 bits per heavy atom. The average molecular weight is 300 g/mol. The zero-order valence-electron chi connectivity index (χ0n) is 12.2. The number of aliphatic imine (C=N–C) groups is 1. The van der Waals surface area contributed by atoms with Crippen molar-refractivity contribution in [3.05, 3.63) is 58.3 Å². The molecule has 0 radical (unpaired) electrons. The minimum absolute atomic E-state index is 0.184. The van der Waals surface area contributed by atoms with E-state index in [1.165, 1.54) is 12.7 Å². The van der Waals surface area contributed by atoms with Crippen molar-refractivity contribution < 1.29 is 9.53 Å². The first-order valence-corrected chi connectivity index (χ1v) is 7.56. The molecular formula is C16H16N2O2S. The number of allylic oxidation sites excluding steroid dienone is 1. The third-order valence-corrected chi connectivity index (χ3v) is 4.39. The molecule has 1 atom stereocenters. The van der Waals surface area contributed by atoms with Crippen molar-refractivity contribution in [1.29, 1.82) is 0 Å². The second-order valence-electron chi connectivity index (χ2n) is 5.01. The summed E-state index contributed by atoms with van der Waals surface area (Å²) in [6, 6.07) is 8.03. The summed E-state index contributed by atoms with van der Waals surface area (Å²) in [6.45, 7) is 3.90. The van der Waals surface area contributed by atoms with Crippen molar-refractivity contribution in [2.24, 2.45) is 4.99 Å². The molecule has 2 heterocycles. The van der Waals surface area contributed by atoms with Crippen LogP contribution in [0, 0.1) is 6.92 Å². The maximum Gasteiger partial charge on any atom is 0.338 e. The first-order chi connectivity index (χ1) is 10.1. The molecular weight excluding hydrogens is 284 g/mol. The Hall–Kier alpha value is -2.01. The van der Waals surface area contributed by atoms with Gasteiger partial charge in [-0.3, -0.25) is 0 Å². The summed E-state index contributed by atoms with van der Waals surface area (Å²) in [5, 5.41) is 2.87. The van der Waals surface area contributed by atoms with Crippen molar-refractivity contribution in [3.63, 3.8) is 0 Å². The van der Waals surface area contributed by atoms with Crippen molar-refractivity contribution in [1.82, 2.24) is 4.90 Å². The van der Waals surface area contributed by atoms with E-state index in [2.05, 4.69) is 29.3 Å². The Morgan fingerprint density at radius 1 is 1.29 bits per heavy atom. The molecule has 4 nitrogen and oxygen atoms in total. The van der Waals surface area contributed by atoms with Gasteiger partial charge >= 0.3 is 5.97 Å². The van der Waals surface area contributed by atoms with Gasteiger partial charge in [0.15, 0.2) is 5.17 Å². The van der Waals surface area contributed by atoms with E-state index in [0.717, 1.165) is 16.4 Å². The smallest absolute Gasteiger partial charge is 0.338 e. The number of benzene rings is 1. The number of rotatable bonds is 2. The van der Waals surface area contributed by atoms with Crippen LogP contribution in [-0.4, -0.2) is 23.1 Å². The number of nitrogens with zero attached hydrogens (tertiary/aromatic N) is 2. The molecule has 0 spiro atoms. The number of thioether (sulfide) groups is 1. The van der Waals surface area contributed by atoms with Gasteiger partial charge < -0.3 is 9.64 Å². The summed E-state index contributed by atoms with van der Waals surface area (Å²) in [7, 11) is 1.41. The van der Waals surface area contributed by atoms with Gasteiger partial charge in [0.25, 0.3) is 0 Å². The predicted molar refractivity (Wildman–Crippen MR) is 84.6 cm³/mol. The maximum atomic E-state index is 12.2. The number of amidine groups is 1. The van der Waals surface area contributed by atoms with E-state index >= 15 is 0 Å². The highest BCUT2D eigenvalue weighted by atomic mass is 32.2. The summed E-state index contributed by atoms with van der Waals surface area (Å²) >= 11 is 1.56. The molecule has 0 saturated carbocycles. The van der Waals surface area contributed by atoms with Crippen LogP contribution in [0.25, 0.3) is 0 Å². The quantitative estimate of drug-likeness (QED) is 0.785. The number of aryl methyl sites for hydroxylation is 1. The lowest BCUT2D eigenvalue weighted by Crippen LogP contribution is -2.33. The minimum Gasteiger partial charge on any atom is -0.466 e. The van der Waals surface area contributed by atoms with Gasteiger partial charge in [0.1, 0.15) is 0 Å². The van der Waals surface area contributed by atoms with Gasteiger partial charge in [-0.2, -0.15) is 0 Å². The van der Waals surface area contributed by atoms with Gasteiger partial charge in [-0.25, -0.2) is 9.79 Å². The summed E-state index contributed by atoms with van der Waals surface area (Å²) in [4.78, 5) is 18.7. The molecule has 0 N–H and O–H groups in total. The first-order valence-electron chi connectivity index (χ1n) is 6.68. The average Bonchev–Trinajstić information content (AvgIpc) is 2.94. The summed E-state index contributed by atoms with van der Waals surface area (Å²) < 4.78 is 4.96. The molecule has 5 heteroatoms. The van der Waals surface area contributed by atoms with Crippen molar-refractivity contribution in [3.8, 4) is 0 Å². The van der Waals surface area contributed by atoms with Gasteiger partial charge in [0.05, 0.1) is 24.4 Å². The minimum atomic E-state index is -0.328. The third kappa shape index (κ3) is 2.38. The highest BCUT2D eigenvalue weighted by Crippen LogP contribution is 2.40. The van der Waals surface area contributed by atoms with E-state index in [9.17, 15) is 4.79 Å². The molecule has 0 aromatic heterocycles. The Labute approximate surface area is 128 Å². The number of esters is 1. The standard InChI is InChI=1S/C16H16N2O2S/c1-10-4-6-12(7-5-10)14-13(15(19)20-3)11(2)17-16-18(14)8-9-21-16/h4-9,14H,1-3H3/t14-/m1/s1. The lowest BCUT2D eigenvalue weighted by molar-refractivity contribution is -0.136. The fraction of sp³-hybridized carbons (Fsp3) is 0.250. The monoisotopic (exact) mass is 300 g/mol. The summed E-state index contributed by atoms with van der Waals surface area (Å²) in [6.07, 6.45) is 1.96. The summed E-state index contributed by atoms with van der Waals surface area (Å²) in [5.41, 5.74) is 3.56. The van der Waals surface area contributed by atoms with Crippen molar-refractivity contribution in [2.45, 2.75) is 19.9 Å². The molecule has 2 aliphatic heterocycles. The third-order valence-electron chi connectivity index (χ3n) is 3.62. The van der Waals surface area contributed by atoms with E-state index in [0.29, 0.717) is 5.57 Å². The van der Waals surface area contributed by atoms with Crippen LogP contribution in [0.2, 0.25) is 0 Å². The van der Waals surface area contributed by atoms with E-state index in [4.69, 9.17) is 4.74 Å². The van der Waals surface area contributed by atoms with Gasteiger partial charge in [0, 0.05) is 6.20 Å². The number of fused-ring (bicyclic) bond motifs is 1. The number of carbonyl (C=O) groups excluding carboxylic acids is 1. The lowest BCUT2D eigenvalue weighted by atomic mass is 9.94. The van der Waals surface area contributed by atoms with Crippen LogP contribution in [0.5, 0.6) is 0 Å². The molecule has 0 fully saturated rings. The molecule has 21 heavy (non-hydrogen) atoms. The van der Waals surface area contributed by atoms with E-state index in [-0.39, 0.29) is 12.0 Å². The fourth-order valence-electron chi connectivity index (χ4n) is 2.55. The van der Waals surface area contributed by atoms with Crippen LogP contribution >= 0.6 is 11.8 Å². The van der Waals surface area contributed by atoms with Crippen LogP contribution in [0.4, 0.5) is 0 Å². The number of carbonyl (C=O) groups is 1. The number of hydrogen-bond donors (Lipinski definition) is 0. The summed E-state index contributed by atoms with van der Waals surface area (Å²) in [5.74, 6) is -0.328. The fourth-order valence-corrected chi connectivity index (χ4v) is 3.34. The SMILES string of the molecule is COC(=O)C1=C(C)N=C2SC=CN2[C@@H]1c1ccc(C)cc1. The second kappa shape index (κ2) is 5.41. The van der Waals surface area contributed by atoms with Crippen LogP contribution in [0.1, 0.15) is 24.1 Å². The van der Waals surface area contributed by atoms with E-state index in [1.807, 2.05) is 30.4 Å². The molecule has 108 valence electrons. The van der Waals surface area contributed by atoms with Crippen molar-refractivity contribution >= 4 is 22.9 Å². The Bertz CT molecular complexity index is 674. The molecule has 0 unspecified atom stereocenters. The van der Waals surface area contributed by atoms with Crippen LogP contribution in [-0.2, 0) is 9.53 Å². The number of ether oxygens (including phenoxy) is 1. The van der Waals surface area contributed by atoms with E-state index < -0.39 is 0 Å². The topological polar surface area (TPSA) is 41.9 Å². The molecule has 0 amide bonds. The number of methoxy groups -OCH3 is 1. The van der Waals surface area contributed by atoms with Gasteiger partial charge in [0.2, 0.25) is 0 Å². The van der Waals surface area contributed by atoms with Crippen molar-refractivity contribution in [2.75, 3.05) is 7.11 Å². The highest BCUT2D eigenvalue weighted by molar-refractivity contribution is 8.16. The number of hydrogen-bond acceptors (Lipinski definition) is 5. The highest BCUT2D eigenvalue weighted by Gasteiger charge is 2.36. The molecule has 0 saturated heterocycles. The van der Waals surface area contributed by atoms with Gasteiger partial charge in [-0.1, -0.05) is 41.6 Å². The zero-order valence-corrected chi connectivity index (χ0v) is 13.0. The first kappa shape index (κ1) is 13.9. The molecule has 0 aliphatic carbocycles. The van der Waals surface area contributed by atoms with E-state index in [1.54, 1.807) is 11.8 Å². The predicted octanol–water partition coefficient (Wildman–Crippen LogP) is 3.37. The van der Waals surface area contributed by atoms with Crippen LogP contribution < -0.4 is 0 Å².